The van der Waals surface area contributed by atoms with Gasteiger partial charge in [0.1, 0.15) is 5.76 Å². The number of phenolic OH excluding ortho intramolecular Hbond substituents is 1. The molecule has 2 heterocycles. The van der Waals surface area contributed by atoms with Crippen molar-refractivity contribution in [2.45, 2.75) is 68.6 Å². The number of carboxylic acid groups (broad SMARTS) is 1. The van der Waals surface area contributed by atoms with Gasteiger partial charge in [-0.3, -0.25) is 4.79 Å². The third kappa shape index (κ3) is 4.09. The number of likely N-dealkylation sites (tertiary alicyclic amines) is 1. The number of aliphatic hydroxyl groups is 1. The van der Waals surface area contributed by atoms with Crippen molar-refractivity contribution in [3.8, 4) is 11.5 Å². The number of nitrogens with zero attached hydrogens (tertiary/aromatic N) is 1. The first-order chi connectivity index (χ1) is 17.1. The summed E-state index contributed by atoms with van der Waals surface area (Å²) in [5, 5.41) is 29.6. The number of aliphatic carboxylic acids is 1. The molecule has 4 aliphatic rings. The Labute approximate surface area is 209 Å². The monoisotopic (exact) mass is 529 g/mol. The van der Waals surface area contributed by atoms with E-state index in [-0.39, 0.29) is 17.6 Å². The molecule has 202 valence electrons. The summed E-state index contributed by atoms with van der Waals surface area (Å²) in [7, 11) is 2.01. The summed E-state index contributed by atoms with van der Waals surface area (Å²) in [5.41, 5.74) is -0.0731. The lowest BCUT2D eigenvalue weighted by atomic mass is 9.50. The molecule has 1 spiro atoms. The van der Waals surface area contributed by atoms with Gasteiger partial charge < -0.3 is 34.4 Å². The van der Waals surface area contributed by atoms with Gasteiger partial charge in [-0.15, -0.1) is 0 Å². The third-order valence-corrected chi connectivity index (χ3v) is 7.49. The van der Waals surface area contributed by atoms with Gasteiger partial charge in [0.25, 0.3) is 0 Å². The summed E-state index contributed by atoms with van der Waals surface area (Å²) in [6.07, 6.45) is -3.66. The van der Waals surface area contributed by atoms with Gasteiger partial charge in [0, 0.05) is 24.9 Å². The molecule has 1 unspecified atom stereocenters. The molecule has 0 amide bonds. The van der Waals surface area contributed by atoms with Crippen molar-refractivity contribution in [2.24, 2.45) is 0 Å². The lowest BCUT2D eigenvalue weighted by Gasteiger charge is -2.61. The predicted octanol–water partition coefficient (Wildman–Crippen LogP) is 1.80. The van der Waals surface area contributed by atoms with Gasteiger partial charge >= 0.3 is 24.1 Å². The van der Waals surface area contributed by atoms with E-state index in [0.29, 0.717) is 25.0 Å². The van der Waals surface area contributed by atoms with Gasteiger partial charge in [-0.25, -0.2) is 9.59 Å². The van der Waals surface area contributed by atoms with Crippen molar-refractivity contribution in [1.29, 1.82) is 0 Å². The minimum Gasteiger partial charge on any atom is -0.504 e. The zero-order valence-corrected chi connectivity index (χ0v) is 20.2. The van der Waals surface area contributed by atoms with Gasteiger partial charge in [0.05, 0.1) is 11.0 Å². The van der Waals surface area contributed by atoms with Crippen molar-refractivity contribution in [3.63, 3.8) is 0 Å². The molecule has 0 saturated carbocycles. The van der Waals surface area contributed by atoms with Gasteiger partial charge in [-0.05, 0) is 51.1 Å². The number of benzene rings is 1. The minimum absolute atomic E-state index is 0.0104. The second-order valence-corrected chi connectivity index (χ2v) is 9.58. The van der Waals surface area contributed by atoms with Crippen LogP contribution in [0.5, 0.6) is 11.5 Å². The fourth-order valence-electron chi connectivity index (χ4n) is 5.93. The Morgan fingerprint density at radius 3 is 2.51 bits per heavy atom. The molecule has 1 aromatic carbocycles. The van der Waals surface area contributed by atoms with Crippen LogP contribution in [0.4, 0.5) is 13.2 Å². The number of hydrogen-bond donors (Lipinski definition) is 3. The summed E-state index contributed by atoms with van der Waals surface area (Å²) < 4.78 is 48.5. The number of rotatable bonds is 3. The zero-order chi connectivity index (χ0) is 27.5. The number of hydrogen-bond acceptors (Lipinski definition) is 9. The molecular weight excluding hydrogens is 503 g/mol. The number of esters is 2. The maximum atomic E-state index is 12.5. The van der Waals surface area contributed by atoms with Crippen LogP contribution < -0.4 is 4.74 Å². The minimum atomic E-state index is -5.08. The van der Waals surface area contributed by atoms with Crippen LogP contribution in [0.3, 0.4) is 0 Å². The number of phenols is 1. The highest BCUT2D eigenvalue weighted by Gasteiger charge is 2.72. The number of halogens is 3. The lowest BCUT2D eigenvalue weighted by Crippen LogP contribution is -2.74. The number of aromatic hydroxyl groups is 1. The van der Waals surface area contributed by atoms with E-state index in [0.717, 1.165) is 17.7 Å². The molecule has 10 nitrogen and oxygen atoms in total. The summed E-state index contributed by atoms with van der Waals surface area (Å²) >= 11 is 0. The molecule has 5 rings (SSSR count). The quantitative estimate of drug-likeness (QED) is 0.496. The van der Waals surface area contributed by atoms with E-state index < -0.39 is 47.3 Å². The second kappa shape index (κ2) is 8.91. The highest BCUT2D eigenvalue weighted by Crippen LogP contribution is 2.65. The summed E-state index contributed by atoms with van der Waals surface area (Å²) in [5.74, 6) is -3.38. The van der Waals surface area contributed by atoms with Crippen LogP contribution in [0.25, 0.3) is 0 Å². The van der Waals surface area contributed by atoms with Crippen molar-refractivity contribution in [1.82, 2.24) is 4.90 Å². The standard InChI is InChI=1S/C22H25NO7.C2HF3O2/c1-11(28-12(2)24)20(26)29-15-6-7-22(27)16-10-13-4-5-14(25)18-17(13)21(22,19(15)30-18)8-9-23(16)3;3-2(4,5)1(6)7/h4-6,11,16,19,25,27H,7-10H2,1-3H3;(H,6,7)/t11?,16-,19+,21+,22-;/m1./s1. The molecule has 37 heavy (non-hydrogen) atoms. The molecule has 0 aromatic heterocycles. The number of piperidine rings is 1. The van der Waals surface area contributed by atoms with E-state index in [9.17, 15) is 33.0 Å². The van der Waals surface area contributed by atoms with Crippen LogP contribution in [0.1, 0.15) is 37.8 Å². The number of carbonyl (C=O) groups excluding carboxylic acids is 2. The highest BCUT2D eigenvalue weighted by atomic mass is 19.4. The fourth-order valence-corrected chi connectivity index (χ4v) is 5.93. The largest absolute Gasteiger partial charge is 0.504 e. The van der Waals surface area contributed by atoms with Gasteiger partial charge in [-0.2, -0.15) is 13.2 Å². The Balaban J connectivity index is 0.000000405. The Morgan fingerprint density at radius 1 is 1.27 bits per heavy atom. The van der Waals surface area contributed by atoms with Gasteiger partial charge in [-0.1, -0.05) is 6.07 Å². The zero-order valence-electron chi connectivity index (χ0n) is 20.2. The number of carbonyl (C=O) groups is 3. The van der Waals surface area contributed by atoms with E-state index >= 15 is 0 Å². The Morgan fingerprint density at radius 2 is 1.92 bits per heavy atom. The van der Waals surface area contributed by atoms with E-state index in [1.54, 1.807) is 12.1 Å². The highest BCUT2D eigenvalue weighted by molar-refractivity contribution is 5.79. The van der Waals surface area contributed by atoms with Gasteiger partial charge in [0.2, 0.25) is 0 Å². The normalized spacial score (nSPS) is 30.0. The van der Waals surface area contributed by atoms with Crippen molar-refractivity contribution in [3.05, 3.63) is 35.1 Å². The maximum Gasteiger partial charge on any atom is 0.490 e. The number of carboxylic acids is 1. The number of ether oxygens (including phenoxy) is 3. The van der Waals surface area contributed by atoms with Crippen LogP contribution in [-0.2, 0) is 35.7 Å². The molecule has 2 bridgehead atoms. The number of alkyl halides is 3. The Kier molecular flexibility index (Phi) is 6.44. The third-order valence-electron chi connectivity index (χ3n) is 7.49. The van der Waals surface area contributed by atoms with Crippen molar-refractivity contribution < 1.29 is 57.1 Å². The predicted molar refractivity (Wildman–Crippen MR) is 118 cm³/mol. The average Bonchev–Trinajstić information content (AvgIpc) is 3.15. The molecule has 0 radical (unpaired) electrons. The van der Waals surface area contributed by atoms with E-state index in [2.05, 4.69) is 4.90 Å². The first kappa shape index (κ1) is 26.7. The van der Waals surface area contributed by atoms with Crippen LogP contribution in [0.15, 0.2) is 24.0 Å². The van der Waals surface area contributed by atoms with E-state index in [4.69, 9.17) is 24.1 Å². The summed E-state index contributed by atoms with van der Waals surface area (Å²) in [4.78, 5) is 34.8. The molecule has 5 atom stereocenters. The van der Waals surface area contributed by atoms with E-state index in [1.807, 2.05) is 13.1 Å². The van der Waals surface area contributed by atoms with Crippen molar-refractivity contribution in [2.75, 3.05) is 13.6 Å². The molecular formula is C24H26F3NO9. The average molecular weight is 529 g/mol. The lowest BCUT2D eigenvalue weighted by molar-refractivity contribution is -0.192. The molecule has 1 saturated heterocycles. The molecule has 2 aliphatic carbocycles. The SMILES string of the molecule is CC(=O)OC(C)C(=O)OC1=CC[C@@]2(O)[C@H]3Cc4ccc(O)c5c4[C@@]2(CCN3C)[C@H]1O5.O=C(O)C(F)(F)F. The summed E-state index contributed by atoms with van der Waals surface area (Å²) in [6, 6.07) is 3.38. The fraction of sp³-hybridized carbons (Fsp3) is 0.542. The molecule has 13 heteroatoms. The second-order valence-electron chi connectivity index (χ2n) is 9.58. The smallest absolute Gasteiger partial charge is 0.490 e. The van der Waals surface area contributed by atoms with Crippen molar-refractivity contribution >= 4 is 17.9 Å². The first-order valence-electron chi connectivity index (χ1n) is 11.5. The molecule has 1 aromatic rings. The molecule has 1 fully saturated rings. The topological polar surface area (TPSA) is 143 Å². The van der Waals surface area contributed by atoms with E-state index in [1.165, 1.54) is 13.8 Å². The van der Waals surface area contributed by atoms with Crippen LogP contribution in [0, 0.1) is 0 Å². The first-order valence-corrected chi connectivity index (χ1v) is 11.5. The van der Waals surface area contributed by atoms with Crippen LogP contribution in [0.2, 0.25) is 0 Å². The maximum absolute atomic E-state index is 12.5. The Hall–Kier alpha value is -3.32. The molecule has 3 N–H and O–H groups in total. The number of likely N-dealkylation sites (N-methyl/N-ethyl adjacent to an activating group) is 1. The Bertz CT molecular complexity index is 1180. The van der Waals surface area contributed by atoms with Gasteiger partial charge in [0.15, 0.2) is 23.7 Å². The van der Waals surface area contributed by atoms with Crippen LogP contribution >= 0.6 is 0 Å². The molecule has 2 aliphatic heterocycles. The van der Waals surface area contributed by atoms with Crippen LogP contribution in [-0.4, -0.2) is 81.7 Å². The summed E-state index contributed by atoms with van der Waals surface area (Å²) in [6.45, 7) is 3.42.